The molecular weight excluding hydrogens is 212 g/mol. The molecule has 0 aromatic heterocycles. The van der Waals surface area contributed by atoms with Gasteiger partial charge < -0.3 is 9.47 Å². The zero-order chi connectivity index (χ0) is 14.6. The van der Waals surface area contributed by atoms with Gasteiger partial charge in [-0.05, 0) is 30.1 Å². The first-order valence-electron chi connectivity index (χ1n) is 6.86. The summed E-state index contributed by atoms with van der Waals surface area (Å²) in [6, 6.07) is 14.4. The molecule has 2 rings (SSSR count). The number of benzene rings is 2. The van der Waals surface area contributed by atoms with Crippen molar-refractivity contribution in [2.75, 3.05) is 7.11 Å². The molecule has 2 aromatic rings. The smallest absolute Gasteiger partial charge is 0.161 e. The highest BCUT2D eigenvalue weighted by molar-refractivity contribution is 5.42. The molecule has 0 aliphatic heterocycles. The van der Waals surface area contributed by atoms with E-state index in [1.165, 1.54) is 19.2 Å². The number of ether oxygens (including phenoxy) is 2. The molecule has 0 amide bonds. The first kappa shape index (κ1) is 8.18. The predicted molar refractivity (Wildman–Crippen MR) is 68.5 cm³/mol. The van der Waals surface area contributed by atoms with E-state index in [2.05, 4.69) is 0 Å². The first-order valence-corrected chi connectivity index (χ1v) is 5.36. The van der Waals surface area contributed by atoms with Crippen molar-refractivity contribution in [3.05, 3.63) is 59.7 Å². The Morgan fingerprint density at radius 1 is 1.06 bits per heavy atom. The van der Waals surface area contributed by atoms with Gasteiger partial charge in [0, 0.05) is 4.11 Å². The van der Waals surface area contributed by atoms with E-state index in [0.717, 1.165) is 5.56 Å². The van der Waals surface area contributed by atoms with E-state index in [1.54, 1.807) is 6.07 Å². The molecule has 0 aliphatic carbocycles. The maximum Gasteiger partial charge on any atom is 0.161 e. The van der Waals surface area contributed by atoms with Crippen LogP contribution < -0.4 is 9.47 Å². The number of hydrogen-bond acceptors (Lipinski definition) is 2. The van der Waals surface area contributed by atoms with E-state index < -0.39 is 6.85 Å². The Morgan fingerprint density at radius 3 is 2.59 bits per heavy atom. The zero-order valence-corrected chi connectivity index (χ0v) is 9.64. The van der Waals surface area contributed by atoms with Crippen LogP contribution in [0.2, 0.25) is 0 Å². The van der Waals surface area contributed by atoms with Gasteiger partial charge in [-0.2, -0.15) is 0 Å². The van der Waals surface area contributed by atoms with Crippen LogP contribution in [0.15, 0.2) is 48.5 Å². The summed E-state index contributed by atoms with van der Waals surface area (Å²) in [5, 5.41) is 0. The van der Waals surface area contributed by atoms with E-state index in [-0.39, 0.29) is 5.56 Å². The third-order valence-electron chi connectivity index (χ3n) is 2.40. The highest BCUT2D eigenvalue weighted by Gasteiger charge is 2.04. The Kier molecular flexibility index (Phi) is 2.59. The molecule has 0 fully saturated rings. The molecule has 17 heavy (non-hydrogen) atoms. The quantitative estimate of drug-likeness (QED) is 0.800. The van der Waals surface area contributed by atoms with E-state index in [9.17, 15) is 0 Å². The lowest BCUT2D eigenvalue weighted by atomic mass is 10.2. The molecule has 0 bridgehead atoms. The van der Waals surface area contributed by atoms with Crippen molar-refractivity contribution >= 4 is 0 Å². The average molecular weight is 231 g/mol. The summed E-state index contributed by atoms with van der Waals surface area (Å²) in [5.74, 6) is 0.957. The van der Waals surface area contributed by atoms with Gasteiger partial charge in [-0.25, -0.2) is 0 Å². The minimum absolute atomic E-state index is 0.237. The van der Waals surface area contributed by atoms with Crippen molar-refractivity contribution in [1.82, 2.24) is 0 Å². The second-order valence-electron chi connectivity index (χ2n) is 3.64. The Hall–Kier alpha value is -1.96. The Bertz CT molecular complexity index is 565. The molecule has 0 N–H and O–H groups in total. The minimum atomic E-state index is -2.15. The topological polar surface area (TPSA) is 18.5 Å². The molecule has 2 nitrogen and oxygen atoms in total. The van der Waals surface area contributed by atoms with Gasteiger partial charge in [0.15, 0.2) is 11.5 Å². The highest BCUT2D eigenvalue weighted by atomic mass is 16.5. The van der Waals surface area contributed by atoms with Crippen LogP contribution in [-0.2, 0) is 6.61 Å². The molecule has 0 aliphatic rings. The van der Waals surface area contributed by atoms with Crippen molar-refractivity contribution < 1.29 is 13.6 Å². The molecule has 2 aromatic carbocycles. The van der Waals surface area contributed by atoms with Crippen molar-refractivity contribution in [3.63, 3.8) is 0 Å². The van der Waals surface area contributed by atoms with E-state index in [0.29, 0.717) is 18.1 Å². The van der Waals surface area contributed by atoms with Crippen LogP contribution in [0, 0.1) is 6.85 Å². The molecule has 0 radical (unpaired) electrons. The first-order chi connectivity index (χ1) is 9.50. The van der Waals surface area contributed by atoms with Crippen LogP contribution in [0.3, 0.4) is 0 Å². The van der Waals surface area contributed by atoms with E-state index in [4.69, 9.17) is 13.6 Å². The Morgan fingerprint density at radius 2 is 1.88 bits per heavy atom. The van der Waals surface area contributed by atoms with E-state index >= 15 is 0 Å². The van der Waals surface area contributed by atoms with Gasteiger partial charge in [0.05, 0.1) is 7.11 Å². The fraction of sp³-hybridized carbons (Fsp3) is 0.200. The standard InChI is InChI=1S/C15H16O2/c1-12-8-9-14(15(10-12)16-2)17-11-13-6-4-3-5-7-13/h3-10H,11H2,1-2H3/i1D3. The molecule has 0 heterocycles. The maximum atomic E-state index is 7.39. The normalized spacial score (nSPS) is 13.4. The average Bonchev–Trinajstić information content (AvgIpc) is 2.45. The molecule has 0 unspecified atom stereocenters. The van der Waals surface area contributed by atoms with Crippen molar-refractivity contribution in [3.8, 4) is 11.5 Å². The zero-order valence-electron chi connectivity index (χ0n) is 12.6. The minimum Gasteiger partial charge on any atom is -0.493 e. The summed E-state index contributed by atoms with van der Waals surface area (Å²) in [4.78, 5) is 0. The summed E-state index contributed by atoms with van der Waals surface area (Å²) in [5.41, 5.74) is 1.27. The summed E-state index contributed by atoms with van der Waals surface area (Å²) in [7, 11) is 1.49. The van der Waals surface area contributed by atoms with Gasteiger partial charge >= 0.3 is 0 Å². The monoisotopic (exact) mass is 231 g/mol. The number of aryl methyl sites for hydroxylation is 1. The number of hydrogen-bond donors (Lipinski definition) is 0. The molecular formula is C15H16O2. The van der Waals surface area contributed by atoms with Gasteiger partial charge in [0.25, 0.3) is 0 Å². The molecule has 0 saturated heterocycles. The fourth-order valence-electron chi connectivity index (χ4n) is 1.52. The van der Waals surface area contributed by atoms with Gasteiger partial charge in [-0.1, -0.05) is 36.4 Å². The van der Waals surface area contributed by atoms with Crippen LogP contribution >= 0.6 is 0 Å². The van der Waals surface area contributed by atoms with Gasteiger partial charge in [0.1, 0.15) is 6.61 Å². The van der Waals surface area contributed by atoms with Crippen LogP contribution in [0.25, 0.3) is 0 Å². The van der Waals surface area contributed by atoms with Crippen LogP contribution in [-0.4, -0.2) is 7.11 Å². The highest BCUT2D eigenvalue weighted by Crippen LogP contribution is 2.28. The van der Waals surface area contributed by atoms with Crippen LogP contribution in [0.5, 0.6) is 11.5 Å². The third-order valence-corrected chi connectivity index (χ3v) is 2.40. The maximum absolute atomic E-state index is 7.39. The predicted octanol–water partition coefficient (Wildman–Crippen LogP) is 3.58. The van der Waals surface area contributed by atoms with E-state index in [1.807, 2.05) is 30.3 Å². The van der Waals surface area contributed by atoms with Crippen molar-refractivity contribution in [1.29, 1.82) is 0 Å². The molecule has 0 spiro atoms. The lowest BCUT2D eigenvalue weighted by Crippen LogP contribution is -1.97. The molecule has 0 atom stereocenters. The number of methoxy groups -OCH3 is 1. The van der Waals surface area contributed by atoms with Crippen molar-refractivity contribution in [2.45, 2.75) is 13.5 Å². The fourth-order valence-corrected chi connectivity index (χ4v) is 1.52. The van der Waals surface area contributed by atoms with Gasteiger partial charge in [-0.15, -0.1) is 0 Å². The van der Waals surface area contributed by atoms with Gasteiger partial charge in [-0.3, -0.25) is 0 Å². The lowest BCUT2D eigenvalue weighted by Gasteiger charge is -2.11. The molecule has 2 heteroatoms. The van der Waals surface area contributed by atoms with Crippen LogP contribution in [0.1, 0.15) is 15.2 Å². The SMILES string of the molecule is [2H]C([2H])([2H])c1ccc(OCc2ccccc2)c(OC)c1. The lowest BCUT2D eigenvalue weighted by molar-refractivity contribution is 0.284. The largest absolute Gasteiger partial charge is 0.493 e. The molecule has 0 saturated carbocycles. The second-order valence-corrected chi connectivity index (χ2v) is 3.64. The third kappa shape index (κ3) is 3.00. The summed E-state index contributed by atoms with van der Waals surface area (Å²) >= 11 is 0. The summed E-state index contributed by atoms with van der Waals surface area (Å²) in [6.07, 6.45) is 0. The van der Waals surface area contributed by atoms with Gasteiger partial charge in [0.2, 0.25) is 0 Å². The molecule has 88 valence electrons. The summed E-state index contributed by atoms with van der Waals surface area (Å²) < 4.78 is 33.0. The Balaban J connectivity index is 2.16. The Labute approximate surface area is 106 Å². The number of rotatable bonds is 4. The van der Waals surface area contributed by atoms with Crippen LogP contribution in [0.4, 0.5) is 0 Å². The van der Waals surface area contributed by atoms with Crippen molar-refractivity contribution in [2.24, 2.45) is 0 Å². The second kappa shape index (κ2) is 5.39. The summed E-state index contributed by atoms with van der Waals surface area (Å²) in [6.45, 7) is -1.74.